The Morgan fingerprint density at radius 1 is 0.309 bits per heavy atom. The van der Waals surface area contributed by atoms with Gasteiger partial charge in [0.25, 0.3) is 0 Å². The maximum Gasteiger partial charge on any atom is 0.0714 e. The molecule has 3 aliphatic rings. The average Bonchev–Trinajstić information content (AvgIpc) is 3.87. The highest BCUT2D eigenvalue weighted by atomic mass is 15.2. The van der Waals surface area contributed by atoms with E-state index in [1.165, 1.54) is 117 Å². The molecule has 0 amide bonds. The smallest absolute Gasteiger partial charge is 0.0714 e. The van der Waals surface area contributed by atoms with Crippen molar-refractivity contribution in [2.24, 2.45) is 0 Å². The summed E-state index contributed by atoms with van der Waals surface area (Å²) in [4.78, 5) is 2.63. The zero-order chi connectivity index (χ0) is 45.0. The number of hydrogen-bond donors (Lipinski definition) is 0. The lowest BCUT2D eigenvalue weighted by molar-refractivity contribution is 0.705. The molecule has 0 fully saturated rings. The molecular weight excluding hydrogens is 819 g/mol. The average molecular weight is 864 g/mol. The molecule has 14 rings (SSSR count). The second kappa shape index (κ2) is 14.7. The van der Waals surface area contributed by atoms with Crippen LogP contribution in [0.3, 0.4) is 0 Å². The molecule has 0 spiro atoms. The van der Waals surface area contributed by atoms with Crippen LogP contribution < -0.4 is 4.90 Å². The highest BCUT2D eigenvalue weighted by molar-refractivity contribution is 6.10. The first-order valence-electron chi connectivity index (χ1n) is 23.8. The molecule has 0 bridgehead atoms. The maximum absolute atomic E-state index is 2.63. The van der Waals surface area contributed by atoms with Crippen molar-refractivity contribution in [1.82, 2.24) is 0 Å². The van der Waals surface area contributed by atoms with E-state index in [0.717, 1.165) is 5.69 Å². The van der Waals surface area contributed by atoms with Crippen molar-refractivity contribution in [2.75, 3.05) is 4.90 Å². The van der Waals surface area contributed by atoms with Crippen molar-refractivity contribution >= 4 is 27.8 Å². The van der Waals surface area contributed by atoms with Gasteiger partial charge in [0, 0.05) is 11.0 Å². The molecule has 0 N–H and O–H groups in total. The van der Waals surface area contributed by atoms with E-state index < -0.39 is 10.8 Å². The Morgan fingerprint density at radius 2 is 0.838 bits per heavy atom. The highest BCUT2D eigenvalue weighted by Gasteiger charge is 2.53. The van der Waals surface area contributed by atoms with Crippen LogP contribution >= 0.6 is 0 Å². The van der Waals surface area contributed by atoms with Gasteiger partial charge in [-0.1, -0.05) is 224 Å². The molecule has 68 heavy (non-hydrogen) atoms. The lowest BCUT2D eigenvalue weighted by Crippen LogP contribution is -2.34. The zero-order valence-electron chi connectivity index (χ0n) is 37.7. The standard InChI is InChI=1S/C67H45N/c1-66-59-42-56-52-35-18-20-38-57(52)67(47-28-10-4-11-29-47,48-30-12-5-13-31-48)58(56)43-62(59)68(60-39-21-19-36-53(60)51-34-17-16-32-49(51)44-23-6-2-7-24-44)61-40-22-37-54(64(61)66)63-55(45-25-8-3-9-26-45)41-46-27-14-15-33-50(46)65(63)66/h2-43H,1H3. The summed E-state index contributed by atoms with van der Waals surface area (Å²) in [6.45, 7) is 2.53. The normalized spacial score (nSPS) is 15.6. The summed E-state index contributed by atoms with van der Waals surface area (Å²) >= 11 is 0. The Bertz CT molecular complexity index is 3760. The second-order valence-electron chi connectivity index (χ2n) is 18.8. The van der Waals surface area contributed by atoms with Crippen LogP contribution in [0.1, 0.15) is 45.9 Å². The van der Waals surface area contributed by atoms with Gasteiger partial charge >= 0.3 is 0 Å². The summed E-state index contributed by atoms with van der Waals surface area (Å²) in [5.41, 5.74) is 24.1. The Morgan fingerprint density at radius 3 is 1.54 bits per heavy atom. The predicted molar refractivity (Wildman–Crippen MR) is 283 cm³/mol. The zero-order valence-corrected chi connectivity index (χ0v) is 37.7. The van der Waals surface area contributed by atoms with Crippen molar-refractivity contribution in [3.8, 4) is 55.6 Å². The van der Waals surface area contributed by atoms with Gasteiger partial charge in [-0.15, -0.1) is 0 Å². The summed E-state index contributed by atoms with van der Waals surface area (Å²) in [7, 11) is 0. The fraction of sp³-hybridized carbons (Fsp3) is 0.0448. The molecule has 0 radical (unpaired) electrons. The van der Waals surface area contributed by atoms with Crippen LogP contribution in [-0.2, 0) is 10.8 Å². The Kier molecular flexibility index (Phi) is 8.40. The highest BCUT2D eigenvalue weighted by Crippen LogP contribution is 2.68. The fourth-order valence-corrected chi connectivity index (χ4v) is 12.8. The van der Waals surface area contributed by atoms with Crippen LogP contribution in [0.2, 0.25) is 0 Å². The number of benzene rings is 11. The SMILES string of the molecule is CC12c3cc4c(cc3N(c3ccccc3-c3ccccc3-c3ccccc3)c3cccc(c31)-c1c(-c3ccccc3)cc3ccccc3c12)C(c1ccccc1)(c1ccccc1)c1ccccc1-4. The van der Waals surface area contributed by atoms with Gasteiger partial charge in [-0.25, -0.2) is 0 Å². The van der Waals surface area contributed by atoms with Gasteiger partial charge in [-0.3, -0.25) is 0 Å². The first-order valence-corrected chi connectivity index (χ1v) is 23.8. The largest absolute Gasteiger partial charge is 0.309 e. The Balaban J connectivity index is 1.15. The first kappa shape index (κ1) is 38.7. The fourth-order valence-electron chi connectivity index (χ4n) is 12.8. The minimum atomic E-state index is -0.571. The second-order valence-corrected chi connectivity index (χ2v) is 18.8. The van der Waals surface area contributed by atoms with Crippen LogP contribution in [0, 0.1) is 0 Å². The molecule has 1 heteroatoms. The molecular formula is C67H45N. The summed E-state index contributed by atoms with van der Waals surface area (Å²) in [6, 6.07) is 95.3. The van der Waals surface area contributed by atoms with Crippen LogP contribution in [0.5, 0.6) is 0 Å². The number of hydrogen-bond acceptors (Lipinski definition) is 1. The van der Waals surface area contributed by atoms with E-state index in [0.29, 0.717) is 0 Å². The third-order valence-corrected chi connectivity index (χ3v) is 15.5. The minimum Gasteiger partial charge on any atom is -0.309 e. The molecule has 2 aliphatic carbocycles. The molecule has 11 aromatic carbocycles. The van der Waals surface area contributed by atoms with Crippen molar-refractivity contribution in [3.63, 3.8) is 0 Å². The van der Waals surface area contributed by atoms with Crippen molar-refractivity contribution in [2.45, 2.75) is 17.8 Å². The summed E-state index contributed by atoms with van der Waals surface area (Å²) in [5.74, 6) is 0. The van der Waals surface area contributed by atoms with Crippen LogP contribution in [-0.4, -0.2) is 0 Å². The number of rotatable bonds is 6. The van der Waals surface area contributed by atoms with Gasteiger partial charge in [0.05, 0.1) is 22.5 Å². The Labute approximate surface area is 397 Å². The lowest BCUT2D eigenvalue weighted by Gasteiger charge is -2.44. The minimum absolute atomic E-state index is 0.525. The van der Waals surface area contributed by atoms with Gasteiger partial charge in [-0.05, 0) is 137 Å². The third kappa shape index (κ3) is 5.22. The van der Waals surface area contributed by atoms with E-state index in [9.17, 15) is 0 Å². The number of nitrogens with zero attached hydrogens (tertiary/aromatic N) is 1. The molecule has 0 aromatic heterocycles. The summed E-state index contributed by atoms with van der Waals surface area (Å²) in [5, 5.41) is 2.55. The quantitative estimate of drug-likeness (QED) is 0.161. The first-order chi connectivity index (χ1) is 33.7. The topological polar surface area (TPSA) is 3.24 Å². The van der Waals surface area contributed by atoms with Crippen molar-refractivity contribution < 1.29 is 0 Å². The van der Waals surface area contributed by atoms with Crippen LogP contribution in [0.15, 0.2) is 255 Å². The van der Waals surface area contributed by atoms with Gasteiger partial charge in [-0.2, -0.15) is 0 Å². The molecule has 1 unspecified atom stereocenters. The lowest BCUT2D eigenvalue weighted by atomic mass is 9.65. The van der Waals surface area contributed by atoms with Crippen LogP contribution in [0.25, 0.3) is 66.4 Å². The van der Waals surface area contributed by atoms with Gasteiger partial charge in [0.2, 0.25) is 0 Å². The maximum atomic E-state index is 2.63. The van der Waals surface area contributed by atoms with Gasteiger partial charge < -0.3 is 4.90 Å². The number of anilines is 3. The van der Waals surface area contributed by atoms with Crippen molar-refractivity contribution in [1.29, 1.82) is 0 Å². The van der Waals surface area contributed by atoms with Crippen molar-refractivity contribution in [3.05, 3.63) is 294 Å². The third-order valence-electron chi connectivity index (χ3n) is 15.5. The van der Waals surface area contributed by atoms with E-state index in [2.05, 4.69) is 267 Å². The summed E-state index contributed by atoms with van der Waals surface area (Å²) < 4.78 is 0. The molecule has 1 nitrogen and oxygen atoms in total. The number of para-hydroxylation sites is 1. The molecule has 1 aliphatic heterocycles. The van der Waals surface area contributed by atoms with Gasteiger partial charge in [0.1, 0.15) is 0 Å². The number of fused-ring (bicyclic) bond motifs is 10. The summed E-state index contributed by atoms with van der Waals surface area (Å²) in [6.07, 6.45) is 0. The predicted octanol–water partition coefficient (Wildman–Crippen LogP) is 17.3. The Hall–Kier alpha value is -8.52. The monoisotopic (exact) mass is 863 g/mol. The molecule has 0 saturated heterocycles. The van der Waals surface area contributed by atoms with E-state index in [4.69, 9.17) is 0 Å². The van der Waals surface area contributed by atoms with Crippen LogP contribution in [0.4, 0.5) is 17.1 Å². The van der Waals surface area contributed by atoms with E-state index in [1.807, 2.05) is 0 Å². The van der Waals surface area contributed by atoms with E-state index in [1.54, 1.807) is 0 Å². The molecule has 318 valence electrons. The molecule has 1 atom stereocenters. The molecule has 11 aromatic rings. The van der Waals surface area contributed by atoms with Gasteiger partial charge in [0.15, 0.2) is 0 Å². The molecule has 0 saturated carbocycles. The molecule has 1 heterocycles. The van der Waals surface area contributed by atoms with E-state index >= 15 is 0 Å². The van der Waals surface area contributed by atoms with E-state index in [-0.39, 0.29) is 0 Å².